The highest BCUT2D eigenvalue weighted by Crippen LogP contribution is 2.34. The van der Waals surface area contributed by atoms with Gasteiger partial charge in [-0.25, -0.2) is 0 Å². The number of benzene rings is 2. The lowest BCUT2D eigenvalue weighted by atomic mass is 9.97. The van der Waals surface area contributed by atoms with Gasteiger partial charge < -0.3 is 14.6 Å². The fourth-order valence-electron chi connectivity index (χ4n) is 2.60. The summed E-state index contributed by atoms with van der Waals surface area (Å²) < 4.78 is 10.9. The highest BCUT2D eigenvalue weighted by molar-refractivity contribution is 5.46. The van der Waals surface area contributed by atoms with Gasteiger partial charge in [0.05, 0.1) is 13.7 Å². The molecule has 1 aliphatic heterocycles. The summed E-state index contributed by atoms with van der Waals surface area (Å²) in [5, 5.41) is 10.6. The topological polar surface area (TPSA) is 38.7 Å². The predicted octanol–water partition coefficient (Wildman–Crippen LogP) is 3.02. The molecule has 3 nitrogen and oxygen atoms in total. The SMILES string of the molecule is COc1cc(C)ccc1C(O)c1ccc2c(c1)CCO2. The molecule has 0 spiro atoms. The van der Waals surface area contributed by atoms with Crippen molar-refractivity contribution in [3.8, 4) is 11.5 Å². The van der Waals surface area contributed by atoms with Crippen molar-refractivity contribution in [2.75, 3.05) is 13.7 Å². The van der Waals surface area contributed by atoms with E-state index in [-0.39, 0.29) is 0 Å². The zero-order valence-electron chi connectivity index (χ0n) is 11.7. The van der Waals surface area contributed by atoms with E-state index in [4.69, 9.17) is 9.47 Å². The van der Waals surface area contributed by atoms with Crippen molar-refractivity contribution < 1.29 is 14.6 Å². The number of aliphatic hydroxyl groups is 1. The average Bonchev–Trinajstić information content (AvgIpc) is 2.93. The molecule has 0 fully saturated rings. The standard InChI is InChI=1S/C17H18O3/c1-11-3-5-14(16(9-11)19-2)17(18)13-4-6-15-12(10-13)7-8-20-15/h3-6,9-10,17-18H,7-8H2,1-2H3. The van der Waals surface area contributed by atoms with Gasteiger partial charge in [0.1, 0.15) is 17.6 Å². The molecule has 2 aromatic rings. The Morgan fingerprint density at radius 2 is 2.05 bits per heavy atom. The number of hydrogen-bond acceptors (Lipinski definition) is 3. The van der Waals surface area contributed by atoms with Crippen molar-refractivity contribution in [3.63, 3.8) is 0 Å². The summed E-state index contributed by atoms with van der Waals surface area (Å²) in [5.74, 6) is 1.64. The molecule has 1 heterocycles. The molecular weight excluding hydrogens is 252 g/mol. The van der Waals surface area contributed by atoms with E-state index >= 15 is 0 Å². The summed E-state index contributed by atoms with van der Waals surface area (Å²) in [5.41, 5.74) is 3.93. The van der Waals surface area contributed by atoms with Gasteiger partial charge in [-0.05, 0) is 41.8 Å². The quantitative estimate of drug-likeness (QED) is 0.931. The molecule has 1 aliphatic rings. The Morgan fingerprint density at radius 1 is 1.20 bits per heavy atom. The summed E-state index contributed by atoms with van der Waals surface area (Å²) in [6, 6.07) is 11.7. The summed E-state index contributed by atoms with van der Waals surface area (Å²) >= 11 is 0. The van der Waals surface area contributed by atoms with E-state index in [0.717, 1.165) is 41.0 Å². The molecule has 0 amide bonds. The van der Waals surface area contributed by atoms with Crippen LogP contribution < -0.4 is 9.47 Å². The van der Waals surface area contributed by atoms with Crippen LogP contribution in [0.2, 0.25) is 0 Å². The minimum atomic E-state index is -0.684. The molecule has 0 radical (unpaired) electrons. The van der Waals surface area contributed by atoms with Crippen molar-refractivity contribution >= 4 is 0 Å². The van der Waals surface area contributed by atoms with Crippen molar-refractivity contribution in [3.05, 3.63) is 58.7 Å². The van der Waals surface area contributed by atoms with Gasteiger partial charge in [0.2, 0.25) is 0 Å². The van der Waals surface area contributed by atoms with Gasteiger partial charge in [-0.1, -0.05) is 18.2 Å². The number of rotatable bonds is 3. The number of hydrogen-bond donors (Lipinski definition) is 1. The van der Waals surface area contributed by atoms with E-state index in [9.17, 15) is 5.11 Å². The molecule has 3 heteroatoms. The second kappa shape index (κ2) is 5.17. The molecule has 104 valence electrons. The lowest BCUT2D eigenvalue weighted by molar-refractivity contribution is 0.214. The van der Waals surface area contributed by atoms with Crippen molar-refractivity contribution in [1.82, 2.24) is 0 Å². The fraction of sp³-hybridized carbons (Fsp3) is 0.294. The van der Waals surface area contributed by atoms with Crippen LogP contribution in [0.15, 0.2) is 36.4 Å². The third-order valence-electron chi connectivity index (χ3n) is 3.71. The third kappa shape index (κ3) is 2.25. The Hall–Kier alpha value is -2.00. The van der Waals surface area contributed by atoms with Gasteiger partial charge in [0.25, 0.3) is 0 Å². The molecular formula is C17H18O3. The third-order valence-corrected chi connectivity index (χ3v) is 3.71. The van der Waals surface area contributed by atoms with Crippen molar-refractivity contribution in [1.29, 1.82) is 0 Å². The van der Waals surface area contributed by atoms with Crippen LogP contribution in [-0.2, 0) is 6.42 Å². The van der Waals surface area contributed by atoms with Crippen LogP contribution in [0, 0.1) is 6.92 Å². The van der Waals surface area contributed by atoms with Crippen LogP contribution in [0.3, 0.4) is 0 Å². The Labute approximate surface area is 118 Å². The molecule has 1 N–H and O–H groups in total. The van der Waals surface area contributed by atoms with Gasteiger partial charge in [-0.3, -0.25) is 0 Å². The smallest absolute Gasteiger partial charge is 0.125 e. The molecule has 0 saturated heterocycles. The number of ether oxygens (including phenoxy) is 2. The minimum Gasteiger partial charge on any atom is -0.496 e. The van der Waals surface area contributed by atoms with E-state index in [1.54, 1.807) is 7.11 Å². The van der Waals surface area contributed by atoms with Gasteiger partial charge in [-0.2, -0.15) is 0 Å². The second-order valence-electron chi connectivity index (χ2n) is 5.11. The van der Waals surface area contributed by atoms with Gasteiger partial charge in [0.15, 0.2) is 0 Å². The maximum absolute atomic E-state index is 10.6. The minimum absolute atomic E-state index is 0.684. The monoisotopic (exact) mass is 270 g/mol. The van der Waals surface area contributed by atoms with Crippen LogP contribution >= 0.6 is 0 Å². The van der Waals surface area contributed by atoms with Gasteiger partial charge in [-0.15, -0.1) is 0 Å². The number of aliphatic hydroxyl groups excluding tert-OH is 1. The second-order valence-corrected chi connectivity index (χ2v) is 5.11. The van der Waals surface area contributed by atoms with E-state index in [2.05, 4.69) is 0 Å². The first-order valence-electron chi connectivity index (χ1n) is 6.77. The van der Waals surface area contributed by atoms with E-state index in [0.29, 0.717) is 5.75 Å². The van der Waals surface area contributed by atoms with Crippen LogP contribution in [0.5, 0.6) is 11.5 Å². The van der Waals surface area contributed by atoms with Crippen LogP contribution in [0.25, 0.3) is 0 Å². The lowest BCUT2D eigenvalue weighted by Crippen LogP contribution is -2.03. The van der Waals surface area contributed by atoms with E-state index in [1.165, 1.54) is 0 Å². The molecule has 1 atom stereocenters. The van der Waals surface area contributed by atoms with Crippen LogP contribution in [-0.4, -0.2) is 18.8 Å². The van der Waals surface area contributed by atoms with Gasteiger partial charge in [0, 0.05) is 12.0 Å². The molecule has 0 aliphatic carbocycles. The summed E-state index contributed by atoms with van der Waals surface area (Å²) in [4.78, 5) is 0. The number of fused-ring (bicyclic) bond motifs is 1. The largest absolute Gasteiger partial charge is 0.496 e. The maximum atomic E-state index is 10.6. The Balaban J connectivity index is 1.98. The Morgan fingerprint density at radius 3 is 2.85 bits per heavy atom. The molecule has 1 unspecified atom stereocenters. The zero-order valence-corrected chi connectivity index (χ0v) is 11.7. The number of aryl methyl sites for hydroxylation is 1. The Bertz CT molecular complexity index is 634. The van der Waals surface area contributed by atoms with E-state index in [1.807, 2.05) is 43.3 Å². The fourth-order valence-corrected chi connectivity index (χ4v) is 2.60. The summed E-state index contributed by atoms with van der Waals surface area (Å²) in [6.45, 7) is 2.73. The zero-order chi connectivity index (χ0) is 14.1. The molecule has 20 heavy (non-hydrogen) atoms. The first-order chi connectivity index (χ1) is 9.69. The predicted molar refractivity (Wildman–Crippen MR) is 77.4 cm³/mol. The summed E-state index contributed by atoms with van der Waals surface area (Å²) in [6.07, 6.45) is 0.220. The highest BCUT2D eigenvalue weighted by atomic mass is 16.5. The average molecular weight is 270 g/mol. The van der Waals surface area contributed by atoms with E-state index < -0.39 is 6.10 Å². The van der Waals surface area contributed by atoms with Crippen molar-refractivity contribution in [2.24, 2.45) is 0 Å². The first-order valence-corrected chi connectivity index (χ1v) is 6.77. The molecule has 0 bridgehead atoms. The van der Waals surface area contributed by atoms with Crippen LogP contribution in [0.4, 0.5) is 0 Å². The normalized spacial score (nSPS) is 14.6. The molecule has 0 aromatic heterocycles. The van der Waals surface area contributed by atoms with Crippen molar-refractivity contribution in [2.45, 2.75) is 19.4 Å². The molecule has 2 aromatic carbocycles. The number of methoxy groups -OCH3 is 1. The van der Waals surface area contributed by atoms with Gasteiger partial charge >= 0.3 is 0 Å². The maximum Gasteiger partial charge on any atom is 0.125 e. The first kappa shape index (κ1) is 13.0. The summed E-state index contributed by atoms with van der Waals surface area (Å²) in [7, 11) is 1.63. The van der Waals surface area contributed by atoms with Crippen LogP contribution in [0.1, 0.15) is 28.4 Å². The Kier molecular flexibility index (Phi) is 3.36. The molecule has 3 rings (SSSR count). The lowest BCUT2D eigenvalue weighted by Gasteiger charge is -2.16. The highest BCUT2D eigenvalue weighted by Gasteiger charge is 2.19. The molecule has 0 saturated carbocycles.